The molecule has 156 valence electrons. The second-order valence-corrected chi connectivity index (χ2v) is 7.50. The zero-order valence-corrected chi connectivity index (χ0v) is 17.6. The van der Waals surface area contributed by atoms with Crippen LogP contribution < -0.4 is 9.47 Å². The van der Waals surface area contributed by atoms with Crippen LogP contribution in [0.3, 0.4) is 0 Å². The zero-order valence-electron chi connectivity index (χ0n) is 17.6. The molecule has 0 bridgehead atoms. The first-order chi connectivity index (χ1) is 14.1. The summed E-state index contributed by atoms with van der Waals surface area (Å²) in [6.45, 7) is 1.51. The zero-order chi connectivity index (χ0) is 20.6. The molecule has 2 aromatic rings. The number of rotatable bonds is 9. The van der Waals surface area contributed by atoms with Crippen LogP contribution in [0.1, 0.15) is 53.2 Å². The highest BCUT2D eigenvalue weighted by atomic mass is 16.5. The Balaban J connectivity index is 1.49. The van der Waals surface area contributed by atoms with Crippen LogP contribution in [-0.2, 0) is 11.2 Å². The molecule has 0 radical (unpaired) electrons. The Bertz CT molecular complexity index is 806. The van der Waals surface area contributed by atoms with E-state index in [1.165, 1.54) is 11.1 Å². The highest BCUT2D eigenvalue weighted by Gasteiger charge is 2.26. The molecule has 29 heavy (non-hydrogen) atoms. The first kappa shape index (κ1) is 21.2. The van der Waals surface area contributed by atoms with E-state index in [9.17, 15) is 4.79 Å². The molecule has 0 spiro atoms. The van der Waals surface area contributed by atoms with Crippen molar-refractivity contribution in [1.82, 2.24) is 4.90 Å². The molecule has 1 aliphatic rings. The average molecular weight is 398 g/mol. The van der Waals surface area contributed by atoms with Gasteiger partial charge in [0.05, 0.1) is 26.4 Å². The molecule has 0 saturated heterocycles. The number of nitrogens with zero attached hydrogens (tertiary/aromatic N) is 1. The Labute approximate surface area is 173 Å². The van der Waals surface area contributed by atoms with Crippen LogP contribution in [0.4, 0.5) is 0 Å². The summed E-state index contributed by atoms with van der Waals surface area (Å²) in [4.78, 5) is 14.4. The third kappa shape index (κ3) is 5.30. The van der Waals surface area contributed by atoms with Crippen molar-refractivity contribution in [2.75, 3.05) is 34.4 Å². The molecule has 1 aliphatic heterocycles. The number of fused-ring (bicyclic) bond motifs is 1. The van der Waals surface area contributed by atoms with Crippen molar-refractivity contribution in [1.29, 1.82) is 0 Å². The van der Waals surface area contributed by atoms with E-state index in [0.29, 0.717) is 18.2 Å². The number of carbonyl (C=O) groups excluding carboxylic acids is 1. The molecule has 0 N–H and O–H groups in total. The summed E-state index contributed by atoms with van der Waals surface area (Å²) in [6.07, 6.45) is 5.11. The van der Waals surface area contributed by atoms with Crippen molar-refractivity contribution in [2.24, 2.45) is 0 Å². The summed E-state index contributed by atoms with van der Waals surface area (Å²) in [5.41, 5.74) is 3.30. The summed E-state index contributed by atoms with van der Waals surface area (Å²) >= 11 is 0. The van der Waals surface area contributed by atoms with Crippen molar-refractivity contribution < 1.29 is 19.0 Å². The van der Waals surface area contributed by atoms with E-state index >= 15 is 0 Å². The number of ether oxygens (including phenoxy) is 3. The van der Waals surface area contributed by atoms with Gasteiger partial charge in [-0.05, 0) is 68.1 Å². The van der Waals surface area contributed by atoms with E-state index in [0.717, 1.165) is 50.1 Å². The van der Waals surface area contributed by atoms with Crippen LogP contribution in [0, 0.1) is 0 Å². The fourth-order valence-corrected chi connectivity index (χ4v) is 3.97. The quantitative estimate of drug-likeness (QED) is 0.455. The number of methoxy groups -OCH3 is 2. The molecule has 2 aromatic carbocycles. The Morgan fingerprint density at radius 1 is 1.03 bits per heavy atom. The predicted molar refractivity (Wildman–Crippen MR) is 114 cm³/mol. The molecule has 5 heteroatoms. The van der Waals surface area contributed by atoms with Gasteiger partial charge in [0.2, 0.25) is 0 Å². The van der Waals surface area contributed by atoms with Gasteiger partial charge >= 0.3 is 5.97 Å². The number of esters is 1. The van der Waals surface area contributed by atoms with Gasteiger partial charge in [0.1, 0.15) is 0 Å². The summed E-state index contributed by atoms with van der Waals surface area (Å²) in [7, 11) is 5.55. The molecule has 0 aliphatic carbocycles. The van der Waals surface area contributed by atoms with Gasteiger partial charge in [-0.15, -0.1) is 0 Å². The van der Waals surface area contributed by atoms with E-state index in [1.54, 1.807) is 26.4 Å². The molecule has 5 nitrogen and oxygen atoms in total. The average Bonchev–Trinajstić information content (AvgIpc) is 2.76. The SMILES string of the molecule is COc1cc2c(cc1OC)C(CCCCCOC(=O)c1ccccc1)N(C)CC2. The Morgan fingerprint density at radius 2 is 1.76 bits per heavy atom. The summed E-state index contributed by atoms with van der Waals surface area (Å²) in [6, 6.07) is 13.8. The summed E-state index contributed by atoms with van der Waals surface area (Å²) < 4.78 is 16.3. The minimum atomic E-state index is -0.243. The number of hydrogen-bond donors (Lipinski definition) is 0. The van der Waals surface area contributed by atoms with Gasteiger partial charge in [0, 0.05) is 12.6 Å². The van der Waals surface area contributed by atoms with Gasteiger partial charge in [-0.1, -0.05) is 24.6 Å². The van der Waals surface area contributed by atoms with Gasteiger partial charge in [-0.3, -0.25) is 4.90 Å². The summed E-state index contributed by atoms with van der Waals surface area (Å²) in [5, 5.41) is 0. The number of hydrogen-bond acceptors (Lipinski definition) is 5. The molecular weight excluding hydrogens is 366 g/mol. The second kappa shape index (κ2) is 10.3. The molecule has 3 rings (SSSR count). The van der Waals surface area contributed by atoms with Crippen molar-refractivity contribution in [3.8, 4) is 11.5 Å². The van der Waals surface area contributed by atoms with E-state index in [4.69, 9.17) is 14.2 Å². The Kier molecular flexibility index (Phi) is 7.53. The first-order valence-corrected chi connectivity index (χ1v) is 10.3. The van der Waals surface area contributed by atoms with Crippen LogP contribution in [0.25, 0.3) is 0 Å². The first-order valence-electron chi connectivity index (χ1n) is 10.3. The molecular formula is C24H31NO4. The van der Waals surface area contributed by atoms with Crippen molar-refractivity contribution in [3.05, 3.63) is 59.2 Å². The minimum Gasteiger partial charge on any atom is -0.493 e. The number of benzene rings is 2. The highest BCUT2D eigenvalue weighted by Crippen LogP contribution is 2.39. The van der Waals surface area contributed by atoms with Crippen LogP contribution >= 0.6 is 0 Å². The lowest BCUT2D eigenvalue weighted by Gasteiger charge is -2.35. The molecule has 1 unspecified atom stereocenters. The predicted octanol–water partition coefficient (Wildman–Crippen LogP) is 4.65. The highest BCUT2D eigenvalue weighted by molar-refractivity contribution is 5.89. The minimum absolute atomic E-state index is 0.243. The second-order valence-electron chi connectivity index (χ2n) is 7.50. The maximum atomic E-state index is 12.0. The number of unbranched alkanes of at least 4 members (excludes halogenated alkanes) is 2. The van der Waals surface area contributed by atoms with Crippen molar-refractivity contribution >= 4 is 5.97 Å². The van der Waals surface area contributed by atoms with Crippen LogP contribution in [0.5, 0.6) is 11.5 Å². The maximum absolute atomic E-state index is 12.0. The third-order valence-corrected chi connectivity index (χ3v) is 5.63. The Hall–Kier alpha value is -2.53. The lowest BCUT2D eigenvalue weighted by atomic mass is 9.89. The molecule has 1 atom stereocenters. The molecule has 0 amide bonds. The lowest BCUT2D eigenvalue weighted by molar-refractivity contribution is 0.0497. The topological polar surface area (TPSA) is 48.0 Å². The monoisotopic (exact) mass is 397 g/mol. The van der Waals surface area contributed by atoms with Crippen molar-refractivity contribution in [2.45, 2.75) is 38.1 Å². The van der Waals surface area contributed by atoms with E-state index in [-0.39, 0.29) is 5.97 Å². The molecule has 0 fully saturated rings. The van der Waals surface area contributed by atoms with E-state index in [1.807, 2.05) is 18.2 Å². The van der Waals surface area contributed by atoms with Crippen LogP contribution in [0.15, 0.2) is 42.5 Å². The van der Waals surface area contributed by atoms with Crippen LogP contribution in [0.2, 0.25) is 0 Å². The standard InChI is InChI=1S/C24H31NO4/c1-25-14-13-19-16-22(27-2)23(28-3)17-20(19)21(25)12-8-5-9-15-29-24(26)18-10-6-4-7-11-18/h4,6-7,10-11,16-17,21H,5,8-9,12-15H2,1-3H3. The van der Waals surface area contributed by atoms with Gasteiger partial charge in [-0.2, -0.15) is 0 Å². The molecule has 0 aromatic heterocycles. The largest absolute Gasteiger partial charge is 0.493 e. The van der Waals surface area contributed by atoms with E-state index in [2.05, 4.69) is 24.1 Å². The summed E-state index contributed by atoms with van der Waals surface area (Å²) in [5.74, 6) is 1.35. The smallest absolute Gasteiger partial charge is 0.338 e. The normalized spacial score (nSPS) is 16.2. The number of likely N-dealkylation sites (N-methyl/N-ethyl adjacent to an activating group) is 1. The molecule has 1 heterocycles. The van der Waals surface area contributed by atoms with Crippen LogP contribution in [-0.4, -0.2) is 45.3 Å². The third-order valence-electron chi connectivity index (χ3n) is 5.63. The van der Waals surface area contributed by atoms with Gasteiger partial charge in [0.15, 0.2) is 11.5 Å². The Morgan fingerprint density at radius 3 is 2.48 bits per heavy atom. The van der Waals surface area contributed by atoms with E-state index < -0.39 is 0 Å². The van der Waals surface area contributed by atoms with Gasteiger partial charge in [0.25, 0.3) is 0 Å². The number of carbonyl (C=O) groups is 1. The fraction of sp³-hybridized carbons (Fsp3) is 0.458. The van der Waals surface area contributed by atoms with Gasteiger partial charge < -0.3 is 14.2 Å². The molecule has 0 saturated carbocycles. The maximum Gasteiger partial charge on any atom is 0.338 e. The fourth-order valence-electron chi connectivity index (χ4n) is 3.97. The van der Waals surface area contributed by atoms with Crippen molar-refractivity contribution in [3.63, 3.8) is 0 Å². The lowest BCUT2D eigenvalue weighted by Crippen LogP contribution is -2.32. The van der Waals surface area contributed by atoms with Gasteiger partial charge in [-0.25, -0.2) is 4.79 Å².